The Morgan fingerprint density at radius 2 is 2.10 bits per heavy atom. The van der Waals surface area contributed by atoms with Gasteiger partial charge in [-0.15, -0.1) is 0 Å². The molecule has 0 saturated carbocycles. The maximum Gasteiger partial charge on any atom is 0.176 e. The molecule has 1 aromatic heterocycles. The summed E-state index contributed by atoms with van der Waals surface area (Å²) in [6.07, 6.45) is 3.99. The molecule has 1 aliphatic heterocycles. The Labute approximate surface area is 183 Å². The molecule has 2 heterocycles. The number of para-hydroxylation sites is 1. The molecule has 0 aliphatic carbocycles. The van der Waals surface area contributed by atoms with E-state index in [9.17, 15) is 9.50 Å². The van der Waals surface area contributed by atoms with Crippen molar-refractivity contribution < 1.29 is 19.0 Å². The third-order valence-corrected chi connectivity index (χ3v) is 6.28. The molecule has 0 fully saturated rings. The number of ether oxygens (including phenoxy) is 2. The van der Waals surface area contributed by atoms with E-state index in [1.807, 2.05) is 36.5 Å². The van der Waals surface area contributed by atoms with Crippen molar-refractivity contribution >= 4 is 29.4 Å². The van der Waals surface area contributed by atoms with Crippen molar-refractivity contribution in [3.8, 4) is 28.5 Å². The van der Waals surface area contributed by atoms with Crippen molar-refractivity contribution in [3.05, 3.63) is 58.1 Å². The predicted octanol–water partition coefficient (Wildman–Crippen LogP) is 5.97. The number of thioether (sulfide) groups is 1. The zero-order chi connectivity index (χ0) is 21.3. The lowest BCUT2D eigenvalue weighted by atomic mass is 10.1. The summed E-state index contributed by atoms with van der Waals surface area (Å²) in [6, 6.07) is 11.0. The molecule has 0 saturated heterocycles. The predicted molar refractivity (Wildman–Crippen MR) is 117 cm³/mol. The Hall–Kier alpha value is -2.64. The maximum atomic E-state index is 12.5. The Kier molecular flexibility index (Phi) is 5.92. The van der Waals surface area contributed by atoms with Crippen LogP contribution in [0.2, 0.25) is 5.02 Å². The van der Waals surface area contributed by atoms with Crippen molar-refractivity contribution in [2.45, 2.75) is 18.1 Å². The van der Waals surface area contributed by atoms with Crippen molar-refractivity contribution in [3.63, 3.8) is 0 Å². The van der Waals surface area contributed by atoms with Gasteiger partial charge in [0.1, 0.15) is 19.0 Å². The van der Waals surface area contributed by atoms with E-state index in [2.05, 4.69) is 11.5 Å². The van der Waals surface area contributed by atoms with Gasteiger partial charge in [0.2, 0.25) is 0 Å². The molecule has 30 heavy (non-hydrogen) atoms. The van der Waals surface area contributed by atoms with Crippen molar-refractivity contribution in [2.75, 3.05) is 20.4 Å². The van der Waals surface area contributed by atoms with E-state index in [0.717, 1.165) is 26.9 Å². The minimum atomic E-state index is -0.541. The summed E-state index contributed by atoms with van der Waals surface area (Å²) in [4.78, 5) is 5.85. The van der Waals surface area contributed by atoms with Gasteiger partial charge in [-0.25, -0.2) is 9.37 Å². The number of rotatable bonds is 6. The van der Waals surface area contributed by atoms with E-state index in [1.54, 1.807) is 23.9 Å². The molecular formula is C22H20ClFN2O3S. The molecule has 5 nitrogen and oxygen atoms in total. The normalized spacial score (nSPS) is 16.7. The van der Waals surface area contributed by atoms with Gasteiger partial charge in [0.15, 0.2) is 16.7 Å². The number of phenols is 1. The smallest absolute Gasteiger partial charge is 0.176 e. The summed E-state index contributed by atoms with van der Waals surface area (Å²) in [6.45, 7) is 1.56. The van der Waals surface area contributed by atoms with Gasteiger partial charge < -0.3 is 19.1 Å². The van der Waals surface area contributed by atoms with Gasteiger partial charge in [-0.1, -0.05) is 35.5 Å². The number of aromatic nitrogens is 2. The molecule has 0 spiro atoms. The zero-order valence-corrected chi connectivity index (χ0v) is 18.0. The van der Waals surface area contributed by atoms with Crippen LogP contribution in [0.1, 0.15) is 18.5 Å². The van der Waals surface area contributed by atoms with Gasteiger partial charge in [-0.2, -0.15) is 0 Å². The molecule has 0 radical (unpaired) electrons. The number of imidazole rings is 1. The fraction of sp³-hybridized carbons (Fsp3) is 0.227. The number of methoxy groups -OCH3 is 1. The van der Waals surface area contributed by atoms with E-state index in [-0.39, 0.29) is 23.4 Å². The van der Waals surface area contributed by atoms with Crippen molar-refractivity contribution in [1.29, 1.82) is 0 Å². The number of allylic oxidation sites excluding steroid dienone is 1. The Morgan fingerprint density at radius 3 is 2.83 bits per heavy atom. The number of nitrogens with zero attached hydrogens (tertiary/aromatic N) is 2. The van der Waals surface area contributed by atoms with Crippen LogP contribution in [0, 0.1) is 0 Å². The van der Waals surface area contributed by atoms with Gasteiger partial charge in [-0.3, -0.25) is 0 Å². The van der Waals surface area contributed by atoms with E-state index >= 15 is 0 Å². The number of benzene rings is 2. The first-order valence-corrected chi connectivity index (χ1v) is 10.5. The zero-order valence-electron chi connectivity index (χ0n) is 16.4. The average Bonchev–Trinajstić information content (AvgIpc) is 3.28. The van der Waals surface area contributed by atoms with E-state index < -0.39 is 6.67 Å². The number of alkyl halides is 1. The third kappa shape index (κ3) is 3.87. The first kappa shape index (κ1) is 20.6. The molecule has 1 N–H and O–H groups in total. The standard InChI is InChI=1S/C22H20ClFN2O3S/c1-13-20(11-14-9-16(23)21(27)19(10-14)28-2)30-22-25-17(12-26(13)22)15-5-3-4-6-18(15)29-8-7-24/h3-6,9-13,27H,7-8H2,1-2H3/b20-11-. The highest BCUT2D eigenvalue weighted by Gasteiger charge is 2.27. The van der Waals surface area contributed by atoms with Gasteiger partial charge in [0, 0.05) is 16.7 Å². The molecule has 4 rings (SSSR count). The van der Waals surface area contributed by atoms with Gasteiger partial charge >= 0.3 is 0 Å². The summed E-state index contributed by atoms with van der Waals surface area (Å²) in [5, 5.41) is 11.0. The number of hydrogen-bond acceptors (Lipinski definition) is 5. The lowest BCUT2D eigenvalue weighted by Gasteiger charge is -2.10. The summed E-state index contributed by atoms with van der Waals surface area (Å²) < 4.78 is 25.3. The summed E-state index contributed by atoms with van der Waals surface area (Å²) in [5.74, 6) is 0.876. The fourth-order valence-electron chi connectivity index (χ4n) is 3.29. The van der Waals surface area contributed by atoms with Crippen LogP contribution >= 0.6 is 23.4 Å². The summed E-state index contributed by atoms with van der Waals surface area (Å²) in [7, 11) is 1.49. The molecule has 0 bridgehead atoms. The van der Waals surface area contributed by atoms with Gasteiger partial charge in [-0.05, 0) is 42.8 Å². The van der Waals surface area contributed by atoms with E-state index in [1.165, 1.54) is 7.11 Å². The molecule has 1 aliphatic rings. The molecule has 8 heteroatoms. The van der Waals surface area contributed by atoms with E-state index in [4.69, 9.17) is 26.1 Å². The monoisotopic (exact) mass is 446 g/mol. The number of fused-ring (bicyclic) bond motifs is 1. The van der Waals surface area contributed by atoms with E-state index in [0.29, 0.717) is 11.5 Å². The first-order valence-electron chi connectivity index (χ1n) is 9.34. The molecule has 156 valence electrons. The number of hydrogen-bond donors (Lipinski definition) is 1. The van der Waals surface area contributed by atoms with Crippen molar-refractivity contribution in [2.24, 2.45) is 0 Å². The lowest BCUT2D eigenvalue weighted by Crippen LogP contribution is -2.00. The van der Waals surface area contributed by atoms with Gasteiger partial charge in [0.25, 0.3) is 0 Å². The molecule has 1 atom stereocenters. The van der Waals surface area contributed by atoms with Crippen LogP contribution in [-0.4, -0.2) is 35.0 Å². The number of phenolic OH excluding ortho intramolecular Hbond substituents is 1. The van der Waals surface area contributed by atoms with Crippen LogP contribution < -0.4 is 9.47 Å². The maximum absolute atomic E-state index is 12.5. The van der Waals surface area contributed by atoms with Crippen LogP contribution in [-0.2, 0) is 0 Å². The quantitative estimate of drug-likeness (QED) is 0.505. The van der Waals surface area contributed by atoms with Crippen LogP contribution in [0.3, 0.4) is 0 Å². The van der Waals surface area contributed by atoms with Gasteiger partial charge in [0.05, 0.1) is 23.9 Å². The minimum absolute atomic E-state index is 0.0151. The van der Waals surface area contributed by atoms with Crippen LogP contribution in [0.15, 0.2) is 52.7 Å². The molecular weight excluding hydrogens is 427 g/mol. The third-order valence-electron chi connectivity index (χ3n) is 4.81. The largest absolute Gasteiger partial charge is 0.503 e. The second kappa shape index (κ2) is 8.62. The second-order valence-electron chi connectivity index (χ2n) is 6.73. The highest BCUT2D eigenvalue weighted by Crippen LogP contribution is 2.46. The Balaban J connectivity index is 1.62. The summed E-state index contributed by atoms with van der Waals surface area (Å²) >= 11 is 7.68. The molecule has 3 aromatic rings. The topological polar surface area (TPSA) is 56.5 Å². The summed E-state index contributed by atoms with van der Waals surface area (Å²) in [5.41, 5.74) is 2.45. The highest BCUT2D eigenvalue weighted by molar-refractivity contribution is 8.03. The fourth-order valence-corrected chi connectivity index (χ4v) is 4.66. The second-order valence-corrected chi connectivity index (χ2v) is 8.18. The molecule has 0 amide bonds. The van der Waals surface area contributed by atoms with Crippen LogP contribution in [0.25, 0.3) is 17.3 Å². The van der Waals surface area contributed by atoms with Crippen LogP contribution in [0.4, 0.5) is 4.39 Å². The number of halogens is 2. The van der Waals surface area contributed by atoms with Crippen LogP contribution in [0.5, 0.6) is 17.2 Å². The first-order chi connectivity index (χ1) is 14.5. The Bertz CT molecular complexity index is 1120. The number of aromatic hydroxyl groups is 1. The highest BCUT2D eigenvalue weighted by atomic mass is 35.5. The SMILES string of the molecule is COc1cc(/C=C2\Sc3nc(-c4ccccc4OCCF)cn3C2C)cc(Cl)c1O. The molecule has 2 aromatic carbocycles. The lowest BCUT2D eigenvalue weighted by molar-refractivity contribution is 0.274. The molecule has 1 unspecified atom stereocenters. The minimum Gasteiger partial charge on any atom is -0.503 e. The Morgan fingerprint density at radius 1 is 1.30 bits per heavy atom. The van der Waals surface area contributed by atoms with Crippen molar-refractivity contribution in [1.82, 2.24) is 9.55 Å². The average molecular weight is 447 g/mol.